The van der Waals surface area contributed by atoms with E-state index in [-0.39, 0.29) is 17.1 Å². The maximum atomic E-state index is 8.00. The number of hydrogen-bond donors (Lipinski definition) is 0. The second-order valence-corrected chi connectivity index (χ2v) is 10.4. The zero-order chi connectivity index (χ0) is 18.9. The molecule has 3 rings (SSSR count). The fraction of sp³-hybridized carbons (Fsp3) is 0.857. The van der Waals surface area contributed by atoms with Crippen LogP contribution >= 0.6 is 7.92 Å². The Kier molecular flexibility index (Phi) is 21.4. The van der Waals surface area contributed by atoms with Crippen LogP contribution < -0.4 is 0 Å². The number of carbonyl (C=O) groups excluding carboxylic acids is 3. The molecule has 3 aliphatic rings. The van der Waals surface area contributed by atoms with E-state index >= 15 is 0 Å². The standard InChI is InChI=1S/C18H33P.3CH2O.Mn/c1-4-10-16(11-5-1)19(17-12-6-2-7-13-17)18-14-8-3-9-15-18;3*1-2;/h16-18H,1-15H2;3*1H2;. The first-order chi connectivity index (χ1) is 12.4. The SMILES string of the molecule is C1CCC(P(C2CCCCC2)C2CCCCC2)CC1.C=O.C=O.C=O.[Mn]. The smallest absolute Gasteiger partial charge is 0.106 e. The van der Waals surface area contributed by atoms with Crippen molar-refractivity contribution in [1.29, 1.82) is 0 Å². The largest absolute Gasteiger partial charge is 0.307 e. The first kappa shape index (κ1) is 28.2. The molecule has 0 N–H and O–H groups in total. The molecule has 0 aromatic rings. The van der Waals surface area contributed by atoms with Gasteiger partial charge in [0, 0.05) is 17.1 Å². The van der Waals surface area contributed by atoms with Gasteiger partial charge < -0.3 is 14.4 Å². The molecule has 0 spiro atoms. The van der Waals surface area contributed by atoms with Crippen molar-refractivity contribution in [3.8, 4) is 0 Å². The molecular weight excluding hydrogens is 386 g/mol. The minimum absolute atomic E-state index is 0. The summed E-state index contributed by atoms with van der Waals surface area (Å²) in [4.78, 5) is 24.0. The summed E-state index contributed by atoms with van der Waals surface area (Å²) in [7, 11) is 0.385. The quantitative estimate of drug-likeness (QED) is 0.417. The molecule has 0 amide bonds. The Morgan fingerprint density at radius 2 is 0.615 bits per heavy atom. The summed E-state index contributed by atoms with van der Waals surface area (Å²) in [6.45, 7) is 6.00. The molecule has 26 heavy (non-hydrogen) atoms. The van der Waals surface area contributed by atoms with Crippen LogP contribution in [0.3, 0.4) is 0 Å². The average molecular weight is 425 g/mol. The summed E-state index contributed by atoms with van der Waals surface area (Å²) in [6.07, 6.45) is 23.6. The predicted octanol–water partition coefficient (Wildman–Crippen LogP) is 5.91. The van der Waals surface area contributed by atoms with Crippen LogP contribution in [0.15, 0.2) is 0 Å². The van der Waals surface area contributed by atoms with E-state index in [1.54, 1.807) is 77.0 Å². The molecule has 3 saturated carbocycles. The Morgan fingerprint density at radius 3 is 0.808 bits per heavy atom. The molecular formula is C21H39MnO3P. The van der Waals surface area contributed by atoms with Gasteiger partial charge >= 0.3 is 0 Å². The normalized spacial score (nSPS) is 21.6. The van der Waals surface area contributed by atoms with E-state index in [1.807, 2.05) is 20.4 Å². The molecule has 3 fully saturated rings. The molecule has 3 nitrogen and oxygen atoms in total. The van der Waals surface area contributed by atoms with Gasteiger partial charge in [0.2, 0.25) is 0 Å². The van der Waals surface area contributed by atoms with E-state index < -0.39 is 0 Å². The van der Waals surface area contributed by atoms with Crippen molar-refractivity contribution in [3.63, 3.8) is 0 Å². The van der Waals surface area contributed by atoms with Crippen LogP contribution in [0, 0.1) is 0 Å². The van der Waals surface area contributed by atoms with Gasteiger partial charge in [-0.3, -0.25) is 0 Å². The van der Waals surface area contributed by atoms with Crippen LogP contribution in [0.4, 0.5) is 0 Å². The van der Waals surface area contributed by atoms with E-state index in [1.165, 1.54) is 36.2 Å². The topological polar surface area (TPSA) is 51.2 Å². The van der Waals surface area contributed by atoms with Crippen molar-refractivity contribution in [3.05, 3.63) is 0 Å². The van der Waals surface area contributed by atoms with Gasteiger partial charge in [-0.1, -0.05) is 65.7 Å². The first-order valence-electron chi connectivity index (χ1n) is 10.1. The summed E-state index contributed by atoms with van der Waals surface area (Å²) in [5.74, 6) is 0. The maximum Gasteiger partial charge on any atom is 0.106 e. The van der Waals surface area contributed by atoms with Crippen molar-refractivity contribution in [2.45, 2.75) is 113 Å². The van der Waals surface area contributed by atoms with E-state index in [2.05, 4.69) is 0 Å². The maximum absolute atomic E-state index is 8.00. The molecule has 153 valence electrons. The van der Waals surface area contributed by atoms with Gasteiger partial charge in [-0.25, -0.2) is 0 Å². The molecule has 0 aliphatic heterocycles. The molecule has 0 unspecified atom stereocenters. The monoisotopic (exact) mass is 425 g/mol. The van der Waals surface area contributed by atoms with Crippen molar-refractivity contribution >= 4 is 28.3 Å². The summed E-state index contributed by atoms with van der Waals surface area (Å²) in [5.41, 5.74) is 3.57. The van der Waals surface area contributed by atoms with Gasteiger partial charge in [0.1, 0.15) is 20.4 Å². The third-order valence-electron chi connectivity index (χ3n) is 5.99. The molecule has 5 heteroatoms. The van der Waals surface area contributed by atoms with E-state index in [9.17, 15) is 0 Å². The zero-order valence-corrected chi connectivity index (χ0v) is 18.6. The molecule has 3 aliphatic carbocycles. The van der Waals surface area contributed by atoms with Crippen LogP contribution in [0.2, 0.25) is 0 Å². The first-order valence-corrected chi connectivity index (χ1v) is 11.6. The van der Waals surface area contributed by atoms with Crippen LogP contribution in [0.5, 0.6) is 0 Å². The van der Waals surface area contributed by atoms with Crippen LogP contribution in [-0.4, -0.2) is 37.3 Å². The van der Waals surface area contributed by atoms with E-state index in [0.717, 1.165) is 0 Å². The zero-order valence-electron chi connectivity index (χ0n) is 16.5. The van der Waals surface area contributed by atoms with Gasteiger partial charge in [0.25, 0.3) is 0 Å². The number of hydrogen-bond acceptors (Lipinski definition) is 3. The Balaban J connectivity index is 0. The van der Waals surface area contributed by atoms with E-state index in [4.69, 9.17) is 14.4 Å². The van der Waals surface area contributed by atoms with Gasteiger partial charge in [-0.05, 0) is 55.5 Å². The summed E-state index contributed by atoms with van der Waals surface area (Å²) in [5, 5.41) is 0. The molecule has 0 bridgehead atoms. The van der Waals surface area contributed by atoms with Crippen molar-refractivity contribution in [1.82, 2.24) is 0 Å². The molecule has 0 saturated heterocycles. The third kappa shape index (κ3) is 9.77. The number of rotatable bonds is 3. The van der Waals surface area contributed by atoms with Gasteiger partial charge in [0.15, 0.2) is 0 Å². The Morgan fingerprint density at radius 1 is 0.423 bits per heavy atom. The average Bonchev–Trinajstić information content (AvgIpc) is 2.75. The molecule has 0 aromatic heterocycles. The van der Waals surface area contributed by atoms with Crippen LogP contribution in [0.25, 0.3) is 0 Å². The fourth-order valence-electron chi connectivity index (χ4n) is 5.03. The van der Waals surface area contributed by atoms with Gasteiger partial charge in [0.05, 0.1) is 0 Å². The molecule has 0 atom stereocenters. The fourth-order valence-corrected chi connectivity index (χ4v) is 9.71. The van der Waals surface area contributed by atoms with Crippen molar-refractivity contribution < 1.29 is 31.5 Å². The van der Waals surface area contributed by atoms with Gasteiger partial charge in [-0.2, -0.15) is 0 Å². The Bertz CT molecular complexity index is 254. The second-order valence-electron chi connectivity index (χ2n) is 7.32. The van der Waals surface area contributed by atoms with E-state index in [0.29, 0.717) is 7.92 Å². The van der Waals surface area contributed by atoms with Crippen molar-refractivity contribution in [2.75, 3.05) is 0 Å². The van der Waals surface area contributed by atoms with Crippen LogP contribution in [0.1, 0.15) is 96.3 Å². The summed E-state index contributed by atoms with van der Waals surface area (Å²) >= 11 is 0. The molecule has 1 radical (unpaired) electrons. The summed E-state index contributed by atoms with van der Waals surface area (Å²) in [6, 6.07) is 0. The van der Waals surface area contributed by atoms with Gasteiger partial charge in [-0.15, -0.1) is 0 Å². The molecule has 0 aromatic carbocycles. The minimum Gasteiger partial charge on any atom is -0.307 e. The van der Waals surface area contributed by atoms with Crippen LogP contribution in [-0.2, 0) is 31.5 Å². The molecule has 0 heterocycles. The number of carbonyl (C=O) groups is 3. The minimum atomic E-state index is 0. The Labute approximate surface area is 173 Å². The predicted molar refractivity (Wildman–Crippen MR) is 109 cm³/mol. The van der Waals surface area contributed by atoms with Crippen molar-refractivity contribution in [2.24, 2.45) is 0 Å². The second kappa shape index (κ2) is 19.7. The summed E-state index contributed by atoms with van der Waals surface area (Å²) < 4.78 is 0. The Hall–Kier alpha value is -0.0405. The third-order valence-corrected chi connectivity index (χ3v) is 10.1.